The number of para-hydroxylation sites is 2. The SMILES string of the molecule is CCOc1cc(C)c(-c2nc3ccccc3c(=O)n2N=Cc2cccc([N+](=O)[O-])c2OCc2ccc([N+](=O)[O-])cc2)cc1C(C)C. The molecule has 0 saturated heterocycles. The summed E-state index contributed by atoms with van der Waals surface area (Å²) in [6.45, 7) is 8.33. The van der Waals surface area contributed by atoms with Crippen molar-refractivity contribution in [3.05, 3.63) is 132 Å². The second-order valence-electron chi connectivity index (χ2n) is 10.8. The highest BCUT2D eigenvalue weighted by atomic mass is 16.6. The Labute approximate surface area is 263 Å². The van der Waals surface area contributed by atoms with E-state index >= 15 is 0 Å². The third kappa shape index (κ3) is 6.46. The van der Waals surface area contributed by atoms with E-state index in [1.54, 1.807) is 30.3 Å². The van der Waals surface area contributed by atoms with Crippen molar-refractivity contribution in [1.82, 2.24) is 9.66 Å². The van der Waals surface area contributed by atoms with Gasteiger partial charge in [0, 0.05) is 29.3 Å². The fraction of sp³-hybridized carbons (Fsp3) is 0.206. The molecule has 0 aliphatic rings. The molecule has 5 rings (SSSR count). The van der Waals surface area contributed by atoms with E-state index in [2.05, 4.69) is 18.9 Å². The summed E-state index contributed by atoms with van der Waals surface area (Å²) in [7, 11) is 0. The van der Waals surface area contributed by atoms with Gasteiger partial charge in [-0.1, -0.05) is 32.0 Å². The van der Waals surface area contributed by atoms with Crippen molar-refractivity contribution in [3.8, 4) is 22.9 Å². The number of hydrogen-bond donors (Lipinski definition) is 0. The molecule has 1 aromatic heterocycles. The minimum atomic E-state index is -0.575. The Morgan fingerprint density at radius 3 is 2.37 bits per heavy atom. The summed E-state index contributed by atoms with van der Waals surface area (Å²) in [6, 6.07) is 20.9. The largest absolute Gasteiger partial charge is 0.494 e. The maximum Gasteiger partial charge on any atom is 0.311 e. The van der Waals surface area contributed by atoms with Crippen LogP contribution in [0.2, 0.25) is 0 Å². The first-order valence-electron chi connectivity index (χ1n) is 14.6. The number of nitro benzene ring substituents is 2. The van der Waals surface area contributed by atoms with E-state index in [1.807, 2.05) is 26.0 Å². The van der Waals surface area contributed by atoms with Gasteiger partial charge in [0.1, 0.15) is 12.4 Å². The highest BCUT2D eigenvalue weighted by Gasteiger charge is 2.21. The zero-order valence-electron chi connectivity index (χ0n) is 25.7. The van der Waals surface area contributed by atoms with Crippen LogP contribution in [0.25, 0.3) is 22.3 Å². The fourth-order valence-electron chi connectivity index (χ4n) is 5.01. The number of aromatic nitrogens is 2. The van der Waals surface area contributed by atoms with Crippen LogP contribution in [-0.2, 0) is 6.61 Å². The lowest BCUT2D eigenvalue weighted by molar-refractivity contribution is -0.386. The molecule has 46 heavy (non-hydrogen) atoms. The number of aryl methyl sites for hydroxylation is 1. The van der Waals surface area contributed by atoms with E-state index in [9.17, 15) is 25.0 Å². The van der Waals surface area contributed by atoms with Crippen LogP contribution >= 0.6 is 0 Å². The van der Waals surface area contributed by atoms with E-state index in [4.69, 9.17) is 14.5 Å². The Morgan fingerprint density at radius 2 is 1.70 bits per heavy atom. The number of rotatable bonds is 11. The minimum absolute atomic E-state index is 0.0720. The molecule has 12 nitrogen and oxygen atoms in total. The molecule has 0 aliphatic heterocycles. The predicted octanol–water partition coefficient (Wildman–Crippen LogP) is 7.17. The van der Waals surface area contributed by atoms with Gasteiger partial charge in [0.05, 0.1) is 33.6 Å². The van der Waals surface area contributed by atoms with Crippen LogP contribution in [0.15, 0.2) is 88.8 Å². The van der Waals surface area contributed by atoms with E-state index in [1.165, 1.54) is 47.3 Å². The molecular weight excluding hydrogens is 590 g/mol. The second-order valence-corrected chi connectivity index (χ2v) is 10.8. The molecule has 0 spiro atoms. The van der Waals surface area contributed by atoms with Crippen molar-refractivity contribution in [1.29, 1.82) is 0 Å². The van der Waals surface area contributed by atoms with Gasteiger partial charge >= 0.3 is 5.69 Å². The topological polar surface area (TPSA) is 152 Å². The molecule has 0 radical (unpaired) electrons. The highest BCUT2D eigenvalue weighted by molar-refractivity contribution is 5.86. The van der Waals surface area contributed by atoms with Gasteiger partial charge in [0.2, 0.25) is 5.75 Å². The number of nitrogens with zero attached hydrogens (tertiary/aromatic N) is 5. The Bertz CT molecular complexity index is 2040. The molecule has 5 aromatic rings. The first-order chi connectivity index (χ1) is 22.1. The van der Waals surface area contributed by atoms with Gasteiger partial charge in [-0.25, -0.2) is 4.98 Å². The van der Waals surface area contributed by atoms with Crippen LogP contribution in [-0.4, -0.2) is 32.3 Å². The molecule has 0 N–H and O–H groups in total. The molecule has 234 valence electrons. The quantitative estimate of drug-likeness (QED) is 0.0855. The van der Waals surface area contributed by atoms with E-state index in [0.29, 0.717) is 34.5 Å². The summed E-state index contributed by atoms with van der Waals surface area (Å²) in [4.78, 5) is 40.6. The lowest BCUT2D eigenvalue weighted by Crippen LogP contribution is -2.21. The van der Waals surface area contributed by atoms with Gasteiger partial charge in [-0.05, 0) is 78.9 Å². The summed E-state index contributed by atoms with van der Waals surface area (Å²) in [5.41, 5.74) is 2.94. The molecular formula is C34H31N5O7. The van der Waals surface area contributed by atoms with E-state index in [0.717, 1.165) is 16.9 Å². The molecule has 4 aromatic carbocycles. The van der Waals surface area contributed by atoms with Crippen molar-refractivity contribution < 1.29 is 19.3 Å². The first-order valence-corrected chi connectivity index (χ1v) is 14.6. The van der Waals surface area contributed by atoms with E-state index < -0.39 is 15.4 Å². The normalized spacial score (nSPS) is 11.3. The predicted molar refractivity (Wildman–Crippen MR) is 175 cm³/mol. The number of ether oxygens (including phenoxy) is 2. The Hall–Kier alpha value is -5.91. The van der Waals surface area contributed by atoms with Crippen LogP contribution in [0.1, 0.15) is 48.9 Å². The minimum Gasteiger partial charge on any atom is -0.494 e. The average molecular weight is 622 g/mol. The molecule has 0 amide bonds. The maximum absolute atomic E-state index is 13.9. The first kappa shape index (κ1) is 31.5. The van der Waals surface area contributed by atoms with Crippen molar-refractivity contribution >= 4 is 28.5 Å². The molecule has 0 aliphatic carbocycles. The number of benzene rings is 4. The monoisotopic (exact) mass is 621 g/mol. The fourth-order valence-corrected chi connectivity index (χ4v) is 5.01. The standard InChI is InChI=1S/C34H31N5O7/c1-5-45-31-17-22(4)28(18-27(31)21(2)3)33-36-29-11-7-6-10-26(29)34(40)37(33)35-19-24-9-8-12-30(39(43)44)32(24)46-20-23-13-15-25(16-14-23)38(41)42/h6-19,21H,5,20H2,1-4H3. The number of non-ortho nitro benzene ring substituents is 1. The summed E-state index contributed by atoms with van der Waals surface area (Å²) in [5.74, 6) is 1.09. The van der Waals surface area contributed by atoms with Gasteiger partial charge in [-0.2, -0.15) is 9.78 Å². The zero-order valence-corrected chi connectivity index (χ0v) is 25.7. The van der Waals surface area contributed by atoms with Crippen molar-refractivity contribution in [3.63, 3.8) is 0 Å². The molecule has 0 fully saturated rings. The van der Waals surface area contributed by atoms with Gasteiger partial charge in [0.25, 0.3) is 11.2 Å². The van der Waals surface area contributed by atoms with Crippen molar-refractivity contribution in [2.45, 2.75) is 40.2 Å². The Balaban J connectivity index is 1.63. The lowest BCUT2D eigenvalue weighted by atomic mass is 9.96. The highest BCUT2D eigenvalue weighted by Crippen LogP contribution is 2.35. The van der Waals surface area contributed by atoms with Gasteiger partial charge in [-0.3, -0.25) is 25.0 Å². The third-order valence-electron chi connectivity index (χ3n) is 7.34. The second kappa shape index (κ2) is 13.4. The lowest BCUT2D eigenvalue weighted by Gasteiger charge is -2.18. The smallest absolute Gasteiger partial charge is 0.311 e. The zero-order chi connectivity index (χ0) is 33.0. The molecule has 0 atom stereocenters. The molecule has 1 heterocycles. The summed E-state index contributed by atoms with van der Waals surface area (Å²) < 4.78 is 13.0. The number of fused-ring (bicyclic) bond motifs is 1. The van der Waals surface area contributed by atoms with Crippen LogP contribution < -0.4 is 15.0 Å². The molecule has 0 unspecified atom stereocenters. The van der Waals surface area contributed by atoms with Gasteiger partial charge in [-0.15, -0.1) is 0 Å². The summed E-state index contributed by atoms with van der Waals surface area (Å²) in [5, 5.41) is 27.8. The molecule has 0 bridgehead atoms. The Kier molecular flexibility index (Phi) is 9.17. The average Bonchev–Trinajstić information content (AvgIpc) is 3.03. The molecule has 0 saturated carbocycles. The third-order valence-corrected chi connectivity index (χ3v) is 7.34. The van der Waals surface area contributed by atoms with Crippen LogP contribution in [0.4, 0.5) is 11.4 Å². The van der Waals surface area contributed by atoms with Crippen LogP contribution in [0.5, 0.6) is 11.5 Å². The number of hydrogen-bond acceptors (Lipinski definition) is 9. The van der Waals surface area contributed by atoms with Gasteiger partial charge < -0.3 is 9.47 Å². The van der Waals surface area contributed by atoms with Crippen molar-refractivity contribution in [2.24, 2.45) is 5.10 Å². The van der Waals surface area contributed by atoms with Crippen LogP contribution in [0, 0.1) is 27.2 Å². The summed E-state index contributed by atoms with van der Waals surface area (Å²) >= 11 is 0. The van der Waals surface area contributed by atoms with Gasteiger partial charge in [0.15, 0.2) is 5.82 Å². The van der Waals surface area contributed by atoms with E-state index in [-0.39, 0.29) is 35.2 Å². The Morgan fingerprint density at radius 1 is 0.957 bits per heavy atom. The van der Waals surface area contributed by atoms with Crippen LogP contribution in [0.3, 0.4) is 0 Å². The maximum atomic E-state index is 13.9. The van der Waals surface area contributed by atoms with Crippen molar-refractivity contribution in [2.75, 3.05) is 6.61 Å². The molecule has 12 heteroatoms. The summed E-state index contributed by atoms with van der Waals surface area (Å²) in [6.07, 6.45) is 1.33. The number of nitro groups is 2.